The molecule has 2 saturated heterocycles. The standard InChI is InChI=1S/C39H47ClN4O11/c1-21-10-9-11-30(52-8)39(50)18-29(53-37(49)42-39)22(2)35-38(4,55-35)31(17-32(46)44(6)27-15-24(14-21)16-28(51-7)34(27)40)54-33(47)20-43(5)36(48)25-12-13-26(23(3)45)41-19-25/h9-13,15-16,19,22,29-31,35,50H,14,17-18,20H2,1-8H3,(H,42,49)/b11-9+,21-10+/t22-,29+,30-,31+,35?,38?,39+/m1/s1. The monoisotopic (exact) mass is 782 g/mol. The summed E-state index contributed by atoms with van der Waals surface area (Å²) < 4.78 is 29.0. The van der Waals surface area contributed by atoms with Gasteiger partial charge in [0.05, 0.1) is 30.9 Å². The number of aliphatic hydroxyl groups is 1. The van der Waals surface area contributed by atoms with Crippen molar-refractivity contribution < 1.29 is 52.8 Å². The molecule has 3 amide bonds. The molecule has 2 N–H and O–H groups in total. The van der Waals surface area contributed by atoms with Crippen molar-refractivity contribution in [1.29, 1.82) is 0 Å². The molecule has 0 spiro atoms. The van der Waals surface area contributed by atoms with Gasteiger partial charge in [0.25, 0.3) is 5.91 Å². The molecule has 4 heterocycles. The van der Waals surface area contributed by atoms with Gasteiger partial charge in [-0.15, -0.1) is 0 Å². The number of rotatable bonds is 7. The van der Waals surface area contributed by atoms with Gasteiger partial charge < -0.3 is 38.6 Å². The molecule has 296 valence electrons. The van der Waals surface area contributed by atoms with Crippen molar-refractivity contribution in [2.45, 2.75) is 82.7 Å². The highest BCUT2D eigenvalue weighted by atomic mass is 35.5. The molecule has 3 aliphatic heterocycles. The Morgan fingerprint density at radius 1 is 1.20 bits per heavy atom. The smallest absolute Gasteiger partial charge is 0.409 e. The number of amides is 3. The van der Waals surface area contributed by atoms with Gasteiger partial charge in [0.15, 0.2) is 11.5 Å². The van der Waals surface area contributed by atoms with E-state index in [2.05, 4.69) is 10.3 Å². The summed E-state index contributed by atoms with van der Waals surface area (Å²) in [5.41, 5.74) is -0.714. The number of fused-ring (bicyclic) bond motifs is 5. The first-order valence-corrected chi connectivity index (χ1v) is 18.1. The number of Topliss-reactive ketones (excluding diaryl/α,β-unsaturated/α-hetero) is 1. The van der Waals surface area contributed by atoms with Gasteiger partial charge in [0.1, 0.15) is 46.9 Å². The molecule has 7 atom stereocenters. The normalized spacial score (nSPS) is 29.7. The predicted molar refractivity (Wildman–Crippen MR) is 200 cm³/mol. The highest BCUT2D eigenvalue weighted by Gasteiger charge is 2.64. The number of aromatic nitrogens is 1. The van der Waals surface area contributed by atoms with E-state index in [4.69, 9.17) is 35.3 Å². The number of pyridine rings is 1. The molecule has 5 rings (SSSR count). The van der Waals surface area contributed by atoms with Gasteiger partial charge in [-0.2, -0.15) is 0 Å². The maximum Gasteiger partial charge on any atom is 0.409 e. The third-order valence-corrected chi connectivity index (χ3v) is 10.7. The van der Waals surface area contributed by atoms with Crippen LogP contribution in [0.1, 0.15) is 66.9 Å². The highest BCUT2D eigenvalue weighted by Crippen LogP contribution is 2.49. The molecule has 0 aliphatic carbocycles. The van der Waals surface area contributed by atoms with Gasteiger partial charge in [0.2, 0.25) is 5.91 Å². The third-order valence-electron chi connectivity index (χ3n) is 10.3. The average molecular weight is 783 g/mol. The topological polar surface area (TPSA) is 186 Å². The third kappa shape index (κ3) is 9.01. The molecule has 16 heteroatoms. The predicted octanol–water partition coefficient (Wildman–Crippen LogP) is 4.04. The number of halogens is 1. The number of likely N-dealkylation sites (N-methyl/N-ethyl adjacent to an activating group) is 1. The second-order valence-electron chi connectivity index (χ2n) is 14.4. The fraction of sp³-hybridized carbons (Fsp3) is 0.487. The van der Waals surface area contributed by atoms with Crippen LogP contribution in [-0.4, -0.2) is 115 Å². The Labute approximate surface area is 324 Å². The minimum Gasteiger partial charge on any atom is -0.495 e. The fourth-order valence-electron chi connectivity index (χ4n) is 7.02. The van der Waals surface area contributed by atoms with Crippen LogP contribution in [0.5, 0.6) is 5.75 Å². The zero-order chi connectivity index (χ0) is 40.4. The Morgan fingerprint density at radius 3 is 2.56 bits per heavy atom. The number of hydrogen-bond donors (Lipinski definition) is 2. The largest absolute Gasteiger partial charge is 0.495 e. The number of ketones is 1. The Morgan fingerprint density at radius 2 is 1.93 bits per heavy atom. The van der Waals surface area contributed by atoms with Gasteiger partial charge in [0, 0.05) is 46.7 Å². The van der Waals surface area contributed by atoms with Crippen LogP contribution < -0.4 is 15.0 Å². The summed E-state index contributed by atoms with van der Waals surface area (Å²) >= 11 is 6.74. The minimum absolute atomic E-state index is 0.0766. The molecular formula is C39H47ClN4O11. The van der Waals surface area contributed by atoms with Crippen LogP contribution in [0.2, 0.25) is 5.02 Å². The van der Waals surface area contributed by atoms with E-state index in [0.29, 0.717) is 17.9 Å². The quantitative estimate of drug-likeness (QED) is 0.234. The maximum atomic E-state index is 14.1. The van der Waals surface area contributed by atoms with Crippen LogP contribution in [0.4, 0.5) is 10.5 Å². The Bertz CT molecular complexity index is 1900. The summed E-state index contributed by atoms with van der Waals surface area (Å²) in [6, 6.07) is 6.40. The van der Waals surface area contributed by atoms with E-state index in [1.807, 2.05) is 13.0 Å². The lowest BCUT2D eigenvalue weighted by atomic mass is 9.83. The lowest BCUT2D eigenvalue weighted by Crippen LogP contribution is -2.63. The number of alkyl carbamates (subject to hydrolysis) is 1. The van der Waals surface area contributed by atoms with Crippen LogP contribution in [0, 0.1) is 5.92 Å². The van der Waals surface area contributed by atoms with E-state index in [1.165, 1.54) is 51.4 Å². The molecule has 2 fully saturated rings. The summed E-state index contributed by atoms with van der Waals surface area (Å²) in [6.07, 6.45) is 1.88. The number of benzene rings is 1. The van der Waals surface area contributed by atoms with Crippen molar-refractivity contribution in [3.8, 4) is 5.75 Å². The highest BCUT2D eigenvalue weighted by molar-refractivity contribution is 6.35. The molecule has 2 unspecified atom stereocenters. The molecule has 4 bridgehead atoms. The SMILES string of the molecule is COc1cc2cc(c1Cl)N(C)C(=O)C[C@H](OC(=O)CN(C)C(=O)c1ccc(C(C)=O)nc1)C1(C)OC1[C@H](C)[C@@H]1C[C@@](O)(NC(=O)O1)[C@H](OC)/C=C/C=C(\C)C2. The van der Waals surface area contributed by atoms with Crippen LogP contribution in [0.3, 0.4) is 0 Å². The second-order valence-corrected chi connectivity index (χ2v) is 14.8. The van der Waals surface area contributed by atoms with Gasteiger partial charge >= 0.3 is 12.1 Å². The molecule has 3 aliphatic rings. The molecule has 55 heavy (non-hydrogen) atoms. The number of carbonyl (C=O) groups is 5. The summed E-state index contributed by atoms with van der Waals surface area (Å²) in [7, 11) is 5.84. The maximum absolute atomic E-state index is 14.1. The number of hydrogen-bond acceptors (Lipinski definition) is 12. The first kappa shape index (κ1) is 41.3. The van der Waals surface area contributed by atoms with Crippen molar-refractivity contribution >= 4 is 46.9 Å². The van der Waals surface area contributed by atoms with Crippen LogP contribution >= 0.6 is 11.6 Å². The first-order chi connectivity index (χ1) is 25.9. The van der Waals surface area contributed by atoms with E-state index in [9.17, 15) is 29.1 Å². The molecule has 2 aromatic rings. The molecule has 15 nitrogen and oxygen atoms in total. The van der Waals surface area contributed by atoms with Gasteiger partial charge in [-0.25, -0.2) is 4.79 Å². The molecule has 1 aromatic carbocycles. The molecule has 1 aromatic heterocycles. The van der Waals surface area contributed by atoms with Gasteiger partial charge in [-0.1, -0.05) is 42.3 Å². The van der Waals surface area contributed by atoms with E-state index < -0.39 is 72.1 Å². The number of epoxide rings is 1. The number of anilines is 1. The van der Waals surface area contributed by atoms with Crippen molar-refractivity contribution in [3.63, 3.8) is 0 Å². The first-order valence-electron chi connectivity index (χ1n) is 17.7. The van der Waals surface area contributed by atoms with Crippen molar-refractivity contribution in [2.24, 2.45) is 5.92 Å². The lowest BCUT2D eigenvalue weighted by Gasteiger charge is -2.42. The van der Waals surface area contributed by atoms with E-state index in [0.717, 1.165) is 16.0 Å². The zero-order valence-electron chi connectivity index (χ0n) is 32.1. The van der Waals surface area contributed by atoms with E-state index in [-0.39, 0.29) is 34.9 Å². The second kappa shape index (κ2) is 16.5. The number of esters is 1. The number of nitrogens with one attached hydrogen (secondary N) is 1. The van der Waals surface area contributed by atoms with Crippen LogP contribution in [0.25, 0.3) is 0 Å². The van der Waals surface area contributed by atoms with Crippen molar-refractivity contribution in [3.05, 3.63) is 76.1 Å². The summed E-state index contributed by atoms with van der Waals surface area (Å²) in [5, 5.41) is 14.4. The number of ether oxygens (including phenoxy) is 5. The summed E-state index contributed by atoms with van der Waals surface area (Å²) in [4.78, 5) is 71.8. The zero-order valence-corrected chi connectivity index (χ0v) is 32.8. The number of nitrogens with zero attached hydrogens (tertiary/aromatic N) is 3. The van der Waals surface area contributed by atoms with Gasteiger partial charge in [-0.3, -0.25) is 29.5 Å². The Hall–Kier alpha value is -4.83. The minimum atomic E-state index is -1.85. The Kier molecular flexibility index (Phi) is 12.4. The number of allylic oxidation sites excluding steroid dienone is 3. The molecular weight excluding hydrogens is 736 g/mol. The van der Waals surface area contributed by atoms with Crippen molar-refractivity contribution in [1.82, 2.24) is 15.2 Å². The van der Waals surface area contributed by atoms with Crippen LogP contribution in [-0.2, 0) is 35.0 Å². The molecule has 0 saturated carbocycles. The van der Waals surface area contributed by atoms with E-state index >= 15 is 0 Å². The van der Waals surface area contributed by atoms with Crippen LogP contribution in [0.15, 0.2) is 54.3 Å². The number of carbonyl (C=O) groups excluding carboxylic acids is 5. The molecule has 0 radical (unpaired) electrons. The Balaban J connectivity index is 1.48. The lowest BCUT2D eigenvalue weighted by molar-refractivity contribution is -0.154. The number of methoxy groups -OCH3 is 2. The van der Waals surface area contributed by atoms with Crippen molar-refractivity contribution in [2.75, 3.05) is 39.8 Å². The summed E-state index contributed by atoms with van der Waals surface area (Å²) in [5.74, 6) is -2.32. The van der Waals surface area contributed by atoms with Gasteiger partial charge in [-0.05, 0) is 50.1 Å². The fourth-order valence-corrected chi connectivity index (χ4v) is 7.33. The summed E-state index contributed by atoms with van der Waals surface area (Å²) in [6.45, 7) is 6.22. The van der Waals surface area contributed by atoms with E-state index in [1.54, 1.807) is 45.2 Å². The average Bonchev–Trinajstić information content (AvgIpc) is 3.83.